The Kier molecular flexibility index (Phi) is 8.67. The zero-order valence-electron chi connectivity index (χ0n) is 18.7. The van der Waals surface area contributed by atoms with Crippen molar-refractivity contribution in [1.29, 1.82) is 0 Å². The third kappa shape index (κ3) is 6.09. The molecule has 1 N–H and O–H groups in total. The monoisotopic (exact) mass is 460 g/mol. The smallest absolute Gasteiger partial charge is 0.259 e. The lowest BCUT2D eigenvalue weighted by Crippen LogP contribution is -2.38. The number of carbonyl (C=O) groups is 1. The standard InChI is InChI=1S/C24H32N2O5S/c1-3-30-17-18-31-23-12-8-7-11-22(23)24(27)25-19-13-15-21(16-14-19)32(28,29)26(2)20-9-5-4-6-10-20/h7-8,11-16,20H,3-6,9-10,17-18H2,1-2H3,(H,25,27). The summed E-state index contributed by atoms with van der Waals surface area (Å²) < 4.78 is 38.4. The molecule has 3 rings (SSSR count). The van der Waals surface area contributed by atoms with Crippen LogP contribution in [-0.2, 0) is 14.8 Å². The van der Waals surface area contributed by atoms with Gasteiger partial charge in [0.05, 0.1) is 17.1 Å². The molecule has 0 radical (unpaired) electrons. The summed E-state index contributed by atoms with van der Waals surface area (Å²) in [5.41, 5.74) is 0.913. The van der Waals surface area contributed by atoms with Crippen LogP contribution in [0.2, 0.25) is 0 Å². The van der Waals surface area contributed by atoms with Gasteiger partial charge in [0.15, 0.2) is 0 Å². The van der Waals surface area contributed by atoms with E-state index in [1.54, 1.807) is 43.4 Å². The first-order chi connectivity index (χ1) is 15.4. The van der Waals surface area contributed by atoms with Gasteiger partial charge in [-0.15, -0.1) is 0 Å². The van der Waals surface area contributed by atoms with Crippen molar-refractivity contribution in [1.82, 2.24) is 4.31 Å². The largest absolute Gasteiger partial charge is 0.490 e. The fourth-order valence-electron chi connectivity index (χ4n) is 3.85. The lowest BCUT2D eigenvalue weighted by Gasteiger charge is -2.30. The molecular formula is C24H32N2O5S. The summed E-state index contributed by atoms with van der Waals surface area (Å²) in [6.07, 6.45) is 5.09. The van der Waals surface area contributed by atoms with Gasteiger partial charge in [0, 0.05) is 25.4 Å². The van der Waals surface area contributed by atoms with E-state index < -0.39 is 10.0 Å². The maximum atomic E-state index is 13.0. The molecule has 7 nitrogen and oxygen atoms in total. The summed E-state index contributed by atoms with van der Waals surface area (Å²) in [6, 6.07) is 13.3. The van der Waals surface area contributed by atoms with Crippen LogP contribution in [0.25, 0.3) is 0 Å². The van der Waals surface area contributed by atoms with Gasteiger partial charge < -0.3 is 14.8 Å². The van der Waals surface area contributed by atoms with E-state index >= 15 is 0 Å². The molecule has 2 aromatic rings. The third-order valence-corrected chi connectivity index (χ3v) is 7.62. The van der Waals surface area contributed by atoms with E-state index in [2.05, 4.69) is 5.32 Å². The number of anilines is 1. The molecule has 0 unspecified atom stereocenters. The molecule has 1 aliphatic carbocycles. The van der Waals surface area contributed by atoms with Gasteiger partial charge in [-0.1, -0.05) is 31.4 Å². The maximum Gasteiger partial charge on any atom is 0.259 e. The zero-order valence-corrected chi connectivity index (χ0v) is 19.6. The highest BCUT2D eigenvalue weighted by molar-refractivity contribution is 7.89. The summed E-state index contributed by atoms with van der Waals surface area (Å²) in [7, 11) is -1.91. The van der Waals surface area contributed by atoms with Gasteiger partial charge >= 0.3 is 0 Å². The first-order valence-electron chi connectivity index (χ1n) is 11.1. The number of hydrogen-bond acceptors (Lipinski definition) is 5. The van der Waals surface area contributed by atoms with Crippen LogP contribution in [0, 0.1) is 0 Å². The molecule has 32 heavy (non-hydrogen) atoms. The molecule has 8 heteroatoms. The van der Waals surface area contributed by atoms with Crippen molar-refractivity contribution in [3.63, 3.8) is 0 Å². The normalized spacial score (nSPS) is 15.0. The van der Waals surface area contributed by atoms with Crippen LogP contribution in [0.3, 0.4) is 0 Å². The number of benzene rings is 2. The highest BCUT2D eigenvalue weighted by Crippen LogP contribution is 2.27. The van der Waals surface area contributed by atoms with Crippen LogP contribution in [0.15, 0.2) is 53.4 Å². The Balaban J connectivity index is 1.66. The lowest BCUT2D eigenvalue weighted by molar-refractivity contribution is 0.0998. The van der Waals surface area contributed by atoms with E-state index in [4.69, 9.17) is 9.47 Å². The zero-order chi connectivity index (χ0) is 23.0. The highest BCUT2D eigenvalue weighted by Gasteiger charge is 2.29. The Labute approximate surface area is 190 Å². The molecule has 0 saturated heterocycles. The number of rotatable bonds is 10. The minimum atomic E-state index is -3.57. The van der Waals surface area contributed by atoms with Crippen LogP contribution in [0.4, 0.5) is 5.69 Å². The van der Waals surface area contributed by atoms with Crippen LogP contribution < -0.4 is 10.1 Å². The van der Waals surface area contributed by atoms with Crippen molar-refractivity contribution in [2.24, 2.45) is 0 Å². The second-order valence-corrected chi connectivity index (χ2v) is 9.83. The van der Waals surface area contributed by atoms with Crippen LogP contribution >= 0.6 is 0 Å². The predicted molar refractivity (Wildman–Crippen MR) is 125 cm³/mol. The Morgan fingerprint density at radius 2 is 1.72 bits per heavy atom. The fourth-order valence-corrected chi connectivity index (χ4v) is 5.27. The number of amides is 1. The molecule has 0 atom stereocenters. The Bertz CT molecular complexity index is 986. The number of hydrogen-bond donors (Lipinski definition) is 1. The molecule has 2 aromatic carbocycles. The average Bonchev–Trinajstić information content (AvgIpc) is 2.82. The van der Waals surface area contributed by atoms with Gasteiger partial charge in [-0.3, -0.25) is 4.79 Å². The topological polar surface area (TPSA) is 84.9 Å². The molecule has 0 spiro atoms. The van der Waals surface area contributed by atoms with Gasteiger partial charge in [-0.25, -0.2) is 8.42 Å². The van der Waals surface area contributed by atoms with Crippen LogP contribution in [0.1, 0.15) is 49.4 Å². The minimum Gasteiger partial charge on any atom is -0.490 e. The Morgan fingerprint density at radius 3 is 2.41 bits per heavy atom. The number of carbonyl (C=O) groups excluding carboxylic acids is 1. The molecule has 0 bridgehead atoms. The predicted octanol–water partition coefficient (Wildman–Crippen LogP) is 4.31. The molecular weight excluding hydrogens is 428 g/mol. The number of nitrogens with zero attached hydrogens (tertiary/aromatic N) is 1. The number of para-hydroxylation sites is 1. The molecule has 1 fully saturated rings. The van der Waals surface area contributed by atoms with Crippen molar-refractivity contribution in [3.8, 4) is 5.75 Å². The van der Waals surface area contributed by atoms with Crippen molar-refractivity contribution in [2.75, 3.05) is 32.2 Å². The quantitative estimate of drug-likeness (QED) is 0.534. The Morgan fingerprint density at radius 1 is 1.03 bits per heavy atom. The Hall–Kier alpha value is -2.42. The summed E-state index contributed by atoms with van der Waals surface area (Å²) in [6.45, 7) is 3.30. The van der Waals surface area contributed by atoms with E-state index in [-0.39, 0.29) is 16.8 Å². The minimum absolute atomic E-state index is 0.0485. The number of nitrogens with one attached hydrogen (secondary N) is 1. The summed E-state index contributed by atoms with van der Waals surface area (Å²) in [5.74, 6) is 0.143. The molecule has 0 heterocycles. The average molecular weight is 461 g/mol. The highest BCUT2D eigenvalue weighted by atomic mass is 32.2. The van der Waals surface area contributed by atoms with E-state index in [9.17, 15) is 13.2 Å². The lowest BCUT2D eigenvalue weighted by atomic mass is 9.96. The van der Waals surface area contributed by atoms with Crippen molar-refractivity contribution in [2.45, 2.75) is 50.0 Å². The van der Waals surface area contributed by atoms with Crippen LogP contribution in [0.5, 0.6) is 5.75 Å². The van der Waals surface area contributed by atoms with Gasteiger partial charge in [-0.2, -0.15) is 4.31 Å². The van der Waals surface area contributed by atoms with Crippen molar-refractivity contribution < 1.29 is 22.7 Å². The first kappa shape index (κ1) is 24.2. The van der Waals surface area contributed by atoms with Crippen molar-refractivity contribution in [3.05, 3.63) is 54.1 Å². The number of sulfonamides is 1. The summed E-state index contributed by atoms with van der Waals surface area (Å²) in [5, 5.41) is 2.81. The summed E-state index contributed by atoms with van der Waals surface area (Å²) >= 11 is 0. The molecule has 1 aliphatic rings. The van der Waals surface area contributed by atoms with E-state index in [0.29, 0.717) is 36.8 Å². The van der Waals surface area contributed by atoms with Gasteiger partial charge in [0.25, 0.3) is 5.91 Å². The summed E-state index contributed by atoms with van der Waals surface area (Å²) in [4.78, 5) is 13.0. The maximum absolute atomic E-state index is 13.0. The van der Waals surface area contributed by atoms with Gasteiger partial charge in [0.2, 0.25) is 10.0 Å². The molecule has 0 aliphatic heterocycles. The van der Waals surface area contributed by atoms with E-state index in [1.807, 2.05) is 6.92 Å². The first-order valence-corrected chi connectivity index (χ1v) is 12.6. The number of ether oxygens (including phenoxy) is 2. The molecule has 1 amide bonds. The third-order valence-electron chi connectivity index (χ3n) is 5.70. The molecule has 1 saturated carbocycles. The van der Waals surface area contributed by atoms with Gasteiger partial charge in [-0.05, 0) is 56.2 Å². The fraction of sp³-hybridized carbons (Fsp3) is 0.458. The van der Waals surface area contributed by atoms with Gasteiger partial charge in [0.1, 0.15) is 12.4 Å². The van der Waals surface area contributed by atoms with Crippen molar-refractivity contribution >= 4 is 21.6 Å². The molecule has 0 aromatic heterocycles. The second kappa shape index (κ2) is 11.4. The van der Waals surface area contributed by atoms with E-state index in [1.165, 1.54) is 22.9 Å². The van der Waals surface area contributed by atoms with E-state index in [0.717, 1.165) is 25.7 Å². The van der Waals surface area contributed by atoms with Crippen LogP contribution in [-0.4, -0.2) is 51.5 Å². The second-order valence-electron chi connectivity index (χ2n) is 7.83. The molecule has 174 valence electrons. The SMILES string of the molecule is CCOCCOc1ccccc1C(=O)Nc1ccc(S(=O)(=O)N(C)C2CCCCC2)cc1.